The normalized spacial score (nSPS) is 11.2. The molecule has 1 amide bonds. The van der Waals surface area contributed by atoms with Gasteiger partial charge in [-0.25, -0.2) is 4.79 Å². The monoisotopic (exact) mass is 339 g/mol. The van der Waals surface area contributed by atoms with E-state index in [1.165, 1.54) is 0 Å². The number of ether oxygens (including phenoxy) is 4. The summed E-state index contributed by atoms with van der Waals surface area (Å²) >= 11 is 0. The fourth-order valence-corrected chi connectivity index (χ4v) is 1.92. The topological polar surface area (TPSA) is 66.0 Å². The van der Waals surface area contributed by atoms with E-state index in [2.05, 4.69) is 5.32 Å². The molecule has 0 atom stereocenters. The molecule has 24 heavy (non-hydrogen) atoms. The third-order valence-corrected chi connectivity index (χ3v) is 2.95. The molecule has 0 unspecified atom stereocenters. The number of carbonyl (C=O) groups is 1. The van der Waals surface area contributed by atoms with Crippen LogP contribution in [0.5, 0.6) is 5.75 Å². The van der Waals surface area contributed by atoms with Crippen molar-refractivity contribution in [1.82, 2.24) is 5.32 Å². The van der Waals surface area contributed by atoms with Crippen LogP contribution in [0.3, 0.4) is 0 Å². The Hall–Kier alpha value is -1.79. The van der Waals surface area contributed by atoms with Crippen molar-refractivity contribution < 1.29 is 23.7 Å². The molecule has 0 aliphatic rings. The van der Waals surface area contributed by atoms with Gasteiger partial charge in [0.05, 0.1) is 19.8 Å². The Morgan fingerprint density at radius 3 is 2.50 bits per heavy atom. The van der Waals surface area contributed by atoms with E-state index in [-0.39, 0.29) is 0 Å². The van der Waals surface area contributed by atoms with Crippen molar-refractivity contribution in [3.05, 3.63) is 29.8 Å². The molecule has 0 bridgehead atoms. The molecule has 0 aliphatic heterocycles. The second kappa shape index (κ2) is 10.9. The minimum atomic E-state index is -0.492. The Balaban J connectivity index is 2.34. The zero-order chi connectivity index (χ0) is 17.8. The van der Waals surface area contributed by atoms with Crippen LogP contribution in [0.4, 0.5) is 4.79 Å². The highest BCUT2D eigenvalue weighted by Crippen LogP contribution is 2.18. The van der Waals surface area contributed by atoms with Gasteiger partial charge in [-0.3, -0.25) is 0 Å². The average molecular weight is 339 g/mol. The summed E-state index contributed by atoms with van der Waals surface area (Å²) in [5.74, 6) is 0.804. The van der Waals surface area contributed by atoms with Crippen LogP contribution in [0.2, 0.25) is 0 Å². The molecule has 6 nitrogen and oxygen atoms in total. The molecule has 0 fully saturated rings. The SMILES string of the molecule is COCCOCCOc1ccccc1CCNC(=O)OC(C)(C)C. The van der Waals surface area contributed by atoms with Crippen molar-refractivity contribution in [2.75, 3.05) is 40.1 Å². The van der Waals surface area contributed by atoms with Gasteiger partial charge >= 0.3 is 6.09 Å². The smallest absolute Gasteiger partial charge is 0.407 e. The number of alkyl carbamates (subject to hydrolysis) is 1. The lowest BCUT2D eigenvalue weighted by atomic mass is 10.1. The maximum absolute atomic E-state index is 11.6. The Labute approximate surface area is 144 Å². The van der Waals surface area contributed by atoms with E-state index >= 15 is 0 Å². The summed E-state index contributed by atoms with van der Waals surface area (Å²) in [6, 6.07) is 7.77. The third kappa shape index (κ3) is 9.37. The zero-order valence-corrected chi connectivity index (χ0v) is 15.1. The van der Waals surface area contributed by atoms with E-state index in [1.54, 1.807) is 7.11 Å². The molecule has 1 N–H and O–H groups in total. The lowest BCUT2D eigenvalue weighted by Crippen LogP contribution is -2.33. The van der Waals surface area contributed by atoms with Gasteiger partial charge in [-0.1, -0.05) is 18.2 Å². The lowest BCUT2D eigenvalue weighted by Gasteiger charge is -2.19. The number of amides is 1. The Bertz CT molecular complexity index is 485. The van der Waals surface area contributed by atoms with E-state index in [9.17, 15) is 4.79 Å². The molecular formula is C18H29NO5. The largest absolute Gasteiger partial charge is 0.491 e. The number of benzene rings is 1. The van der Waals surface area contributed by atoms with Crippen molar-refractivity contribution in [3.63, 3.8) is 0 Å². The van der Waals surface area contributed by atoms with Crippen LogP contribution in [0, 0.1) is 0 Å². The second-order valence-electron chi connectivity index (χ2n) is 6.24. The van der Waals surface area contributed by atoms with Gasteiger partial charge < -0.3 is 24.3 Å². The van der Waals surface area contributed by atoms with Gasteiger partial charge in [-0.2, -0.15) is 0 Å². The second-order valence-corrected chi connectivity index (χ2v) is 6.24. The number of hydrogen-bond acceptors (Lipinski definition) is 5. The van der Waals surface area contributed by atoms with Crippen LogP contribution < -0.4 is 10.1 Å². The van der Waals surface area contributed by atoms with Crippen molar-refractivity contribution in [3.8, 4) is 5.75 Å². The maximum Gasteiger partial charge on any atom is 0.407 e. The minimum absolute atomic E-state index is 0.410. The first-order valence-corrected chi connectivity index (χ1v) is 8.16. The summed E-state index contributed by atoms with van der Waals surface area (Å²) in [5, 5.41) is 2.75. The van der Waals surface area contributed by atoms with E-state index in [1.807, 2.05) is 45.0 Å². The van der Waals surface area contributed by atoms with Gasteiger partial charge in [0, 0.05) is 13.7 Å². The summed E-state index contributed by atoms with van der Waals surface area (Å²) < 4.78 is 21.2. The molecule has 0 saturated heterocycles. The number of methoxy groups -OCH3 is 1. The molecule has 1 aromatic rings. The van der Waals surface area contributed by atoms with Gasteiger partial charge in [0.2, 0.25) is 0 Å². The average Bonchev–Trinajstić information content (AvgIpc) is 2.50. The molecule has 0 heterocycles. The van der Waals surface area contributed by atoms with Crippen LogP contribution in [0.25, 0.3) is 0 Å². The highest BCUT2D eigenvalue weighted by atomic mass is 16.6. The highest BCUT2D eigenvalue weighted by molar-refractivity contribution is 5.67. The molecule has 1 rings (SSSR count). The van der Waals surface area contributed by atoms with Gasteiger partial charge in [0.15, 0.2) is 0 Å². The third-order valence-electron chi connectivity index (χ3n) is 2.95. The van der Waals surface area contributed by atoms with Crippen molar-refractivity contribution in [1.29, 1.82) is 0 Å². The minimum Gasteiger partial charge on any atom is -0.491 e. The molecule has 0 aliphatic carbocycles. The van der Waals surface area contributed by atoms with Gasteiger partial charge in [-0.15, -0.1) is 0 Å². The molecule has 0 spiro atoms. The molecule has 136 valence electrons. The Morgan fingerprint density at radius 1 is 1.08 bits per heavy atom. The quantitative estimate of drug-likeness (QED) is 0.664. The van der Waals surface area contributed by atoms with E-state index in [4.69, 9.17) is 18.9 Å². The number of nitrogens with one attached hydrogen (secondary N) is 1. The number of carbonyl (C=O) groups excluding carboxylic acids is 1. The Kier molecular flexibility index (Phi) is 9.19. The predicted molar refractivity (Wildman–Crippen MR) is 92.6 cm³/mol. The first-order chi connectivity index (χ1) is 11.4. The van der Waals surface area contributed by atoms with E-state index < -0.39 is 11.7 Å². The van der Waals surface area contributed by atoms with Crippen LogP contribution in [-0.2, 0) is 20.6 Å². The number of rotatable bonds is 10. The molecule has 0 saturated carbocycles. The van der Waals surface area contributed by atoms with Crippen LogP contribution in [-0.4, -0.2) is 51.8 Å². The standard InChI is InChI=1S/C18H29NO5/c1-18(2,3)24-17(20)19-10-9-15-7-5-6-8-16(15)23-14-13-22-12-11-21-4/h5-8H,9-14H2,1-4H3,(H,19,20). The van der Waals surface area contributed by atoms with Gasteiger partial charge in [0.25, 0.3) is 0 Å². The number of hydrogen-bond donors (Lipinski definition) is 1. The predicted octanol–water partition coefficient (Wildman–Crippen LogP) is 2.80. The van der Waals surface area contributed by atoms with E-state index in [0.29, 0.717) is 39.4 Å². The molecular weight excluding hydrogens is 310 g/mol. The van der Waals surface area contributed by atoms with Gasteiger partial charge in [-0.05, 0) is 38.8 Å². The van der Waals surface area contributed by atoms with E-state index in [0.717, 1.165) is 11.3 Å². The van der Waals surface area contributed by atoms with Gasteiger partial charge in [0.1, 0.15) is 18.0 Å². The zero-order valence-electron chi connectivity index (χ0n) is 15.1. The highest BCUT2D eigenvalue weighted by Gasteiger charge is 2.15. The molecule has 0 aromatic heterocycles. The maximum atomic E-state index is 11.6. The van der Waals surface area contributed by atoms with Crippen LogP contribution in [0.15, 0.2) is 24.3 Å². The van der Waals surface area contributed by atoms with Crippen molar-refractivity contribution >= 4 is 6.09 Å². The molecule has 0 radical (unpaired) electrons. The lowest BCUT2D eigenvalue weighted by molar-refractivity contribution is 0.0526. The summed E-state index contributed by atoms with van der Waals surface area (Å²) in [5.41, 5.74) is 0.541. The molecule has 6 heteroatoms. The Morgan fingerprint density at radius 2 is 1.79 bits per heavy atom. The van der Waals surface area contributed by atoms with Crippen LogP contribution >= 0.6 is 0 Å². The van der Waals surface area contributed by atoms with Crippen LogP contribution in [0.1, 0.15) is 26.3 Å². The number of para-hydroxylation sites is 1. The first-order valence-electron chi connectivity index (χ1n) is 8.16. The fourth-order valence-electron chi connectivity index (χ4n) is 1.92. The van der Waals surface area contributed by atoms with Crippen molar-refractivity contribution in [2.45, 2.75) is 32.8 Å². The summed E-state index contributed by atoms with van der Waals surface area (Å²) in [6.45, 7) is 8.11. The van der Waals surface area contributed by atoms with Crippen molar-refractivity contribution in [2.24, 2.45) is 0 Å². The summed E-state index contributed by atoms with van der Waals surface area (Å²) in [6.07, 6.45) is 0.257. The molecule has 1 aromatic carbocycles. The summed E-state index contributed by atoms with van der Waals surface area (Å²) in [7, 11) is 1.64. The first kappa shape index (κ1) is 20.3. The fraction of sp³-hybridized carbons (Fsp3) is 0.611. The summed E-state index contributed by atoms with van der Waals surface area (Å²) in [4.78, 5) is 11.6.